The van der Waals surface area contributed by atoms with Gasteiger partial charge in [-0.1, -0.05) is 6.07 Å². The second-order valence-electron chi connectivity index (χ2n) is 7.95. The van der Waals surface area contributed by atoms with Crippen LogP contribution in [0.4, 0.5) is 5.82 Å². The van der Waals surface area contributed by atoms with Gasteiger partial charge in [-0.05, 0) is 60.9 Å². The number of carboxylic acids is 1. The lowest BCUT2D eigenvalue weighted by Crippen LogP contribution is -2.14. The molecule has 0 aliphatic carbocycles. The summed E-state index contributed by atoms with van der Waals surface area (Å²) in [6.07, 6.45) is 9.33. The van der Waals surface area contributed by atoms with Crippen LogP contribution in [0.3, 0.4) is 0 Å². The van der Waals surface area contributed by atoms with Crippen molar-refractivity contribution in [3.8, 4) is 5.75 Å². The van der Waals surface area contributed by atoms with Crippen LogP contribution in [0.1, 0.15) is 23.2 Å². The first kappa shape index (κ1) is 20.8. The minimum absolute atomic E-state index is 0.527. The fourth-order valence-electron chi connectivity index (χ4n) is 4.13. The Morgan fingerprint density at radius 1 is 1.15 bits per heavy atom. The van der Waals surface area contributed by atoms with Gasteiger partial charge in [0.25, 0.3) is 0 Å². The number of anilines is 1. The smallest absolute Gasteiger partial charge is 0.330 e. The van der Waals surface area contributed by atoms with Gasteiger partial charge < -0.3 is 19.7 Å². The van der Waals surface area contributed by atoms with Gasteiger partial charge in [0.2, 0.25) is 0 Å². The van der Waals surface area contributed by atoms with Crippen molar-refractivity contribution in [2.75, 3.05) is 18.5 Å². The van der Waals surface area contributed by atoms with Crippen molar-refractivity contribution in [1.29, 1.82) is 0 Å². The Labute approximate surface area is 191 Å². The molecule has 0 bridgehead atoms. The number of pyridine rings is 2. The highest BCUT2D eigenvalue weighted by Crippen LogP contribution is 2.27. The van der Waals surface area contributed by atoms with Crippen LogP contribution in [0.25, 0.3) is 16.6 Å². The molecule has 7 nitrogen and oxygen atoms in total. The lowest BCUT2D eigenvalue weighted by atomic mass is 10.1. The third kappa shape index (κ3) is 4.57. The van der Waals surface area contributed by atoms with Gasteiger partial charge in [-0.15, -0.1) is 0 Å². The maximum Gasteiger partial charge on any atom is 0.330 e. The average Bonchev–Trinajstić information content (AvgIpc) is 3.26. The Morgan fingerprint density at radius 2 is 2.03 bits per heavy atom. The molecule has 0 unspecified atom stereocenters. The van der Waals surface area contributed by atoms with Crippen molar-refractivity contribution in [2.24, 2.45) is 0 Å². The van der Waals surface area contributed by atoms with Crippen LogP contribution in [0.5, 0.6) is 5.75 Å². The highest BCUT2D eigenvalue weighted by Gasteiger charge is 2.12. The minimum Gasteiger partial charge on any atom is -0.493 e. The van der Waals surface area contributed by atoms with Crippen molar-refractivity contribution in [3.05, 3.63) is 90.0 Å². The summed E-state index contributed by atoms with van der Waals surface area (Å²) in [7, 11) is 0. The highest BCUT2D eigenvalue weighted by molar-refractivity contribution is 5.94. The number of carboxylic acid groups (broad SMARTS) is 1. The minimum atomic E-state index is -1.00. The summed E-state index contributed by atoms with van der Waals surface area (Å²) < 4.78 is 7.86. The number of benzene rings is 1. The summed E-state index contributed by atoms with van der Waals surface area (Å²) in [4.78, 5) is 20.2. The van der Waals surface area contributed by atoms with Crippen molar-refractivity contribution in [2.45, 2.75) is 19.3 Å². The third-order valence-corrected chi connectivity index (χ3v) is 5.74. The van der Waals surface area contributed by atoms with Gasteiger partial charge in [0.05, 0.1) is 17.8 Å². The number of ether oxygens (including phenoxy) is 1. The molecular weight excluding hydrogens is 416 g/mol. The Morgan fingerprint density at radius 3 is 2.88 bits per heavy atom. The Balaban J connectivity index is 1.32. The zero-order valence-corrected chi connectivity index (χ0v) is 18.1. The molecule has 0 atom stereocenters. The van der Waals surface area contributed by atoms with Crippen molar-refractivity contribution in [1.82, 2.24) is 14.5 Å². The van der Waals surface area contributed by atoms with Gasteiger partial charge in [0, 0.05) is 54.3 Å². The number of aryl methyl sites for hydroxylation is 1. The van der Waals surface area contributed by atoms with E-state index in [9.17, 15) is 9.90 Å². The van der Waals surface area contributed by atoms with Crippen LogP contribution in [0, 0.1) is 0 Å². The number of nitrogens with zero attached hydrogens (tertiary/aromatic N) is 3. The van der Waals surface area contributed by atoms with E-state index in [-0.39, 0.29) is 0 Å². The molecule has 3 aromatic heterocycles. The number of hydrogen-bond donors (Lipinski definition) is 2. The highest BCUT2D eigenvalue weighted by atomic mass is 16.5. The predicted octanol–water partition coefficient (Wildman–Crippen LogP) is 4.38. The Hall–Kier alpha value is -4.13. The number of nitrogens with one attached hydrogen (secondary N) is 1. The monoisotopic (exact) mass is 440 g/mol. The molecule has 1 aromatic carbocycles. The summed E-state index contributed by atoms with van der Waals surface area (Å²) >= 11 is 0. The van der Waals surface area contributed by atoms with Crippen LogP contribution >= 0.6 is 0 Å². The van der Waals surface area contributed by atoms with Crippen LogP contribution in [0.2, 0.25) is 0 Å². The largest absolute Gasteiger partial charge is 0.493 e. The number of aromatic nitrogens is 3. The number of carbonyl (C=O) groups is 1. The van der Waals surface area contributed by atoms with Gasteiger partial charge in [-0.25, -0.2) is 9.78 Å². The molecule has 0 radical (unpaired) electrons. The molecule has 1 aliphatic heterocycles. The molecule has 7 heteroatoms. The van der Waals surface area contributed by atoms with Crippen LogP contribution in [-0.2, 0) is 17.6 Å². The molecule has 1 aliphatic rings. The number of fused-ring (bicyclic) bond motifs is 2. The summed E-state index contributed by atoms with van der Waals surface area (Å²) in [5, 5.41) is 13.7. The topological polar surface area (TPSA) is 89.3 Å². The van der Waals surface area contributed by atoms with Gasteiger partial charge >= 0.3 is 5.97 Å². The molecule has 0 spiro atoms. The van der Waals surface area contributed by atoms with Crippen molar-refractivity contribution < 1.29 is 14.6 Å². The van der Waals surface area contributed by atoms with E-state index < -0.39 is 5.97 Å². The number of rotatable bonds is 7. The second kappa shape index (κ2) is 9.16. The molecule has 2 N–H and O–H groups in total. The molecule has 166 valence electrons. The van der Waals surface area contributed by atoms with E-state index in [0.29, 0.717) is 12.3 Å². The van der Waals surface area contributed by atoms with Gasteiger partial charge in [-0.3, -0.25) is 4.98 Å². The second-order valence-corrected chi connectivity index (χ2v) is 7.95. The number of aliphatic carboxylic acids is 1. The Bertz CT molecular complexity index is 1330. The summed E-state index contributed by atoms with van der Waals surface area (Å²) in [5.41, 5.74) is 4.53. The molecule has 4 heterocycles. The first-order valence-electron chi connectivity index (χ1n) is 11.0. The summed E-state index contributed by atoms with van der Waals surface area (Å²) in [6, 6.07) is 15.6. The standard InChI is InChI=1S/C26H24N4O3/c31-25(32)17-24(18-7-12-27-13-8-18)30-14-9-20-16-22(5-6-23(20)30)33-15-10-21-4-3-19-2-1-11-28-26(19)29-21/h3-9,12-14,16-17H,1-2,10-11,15H2,(H,28,29)(H,31,32). The van der Waals surface area contributed by atoms with E-state index in [1.807, 2.05) is 35.0 Å². The maximum atomic E-state index is 11.4. The predicted molar refractivity (Wildman–Crippen MR) is 127 cm³/mol. The van der Waals surface area contributed by atoms with Crippen LogP contribution in [-0.4, -0.2) is 38.8 Å². The zero-order chi connectivity index (χ0) is 22.6. The zero-order valence-electron chi connectivity index (χ0n) is 18.1. The molecule has 0 saturated heterocycles. The molecule has 33 heavy (non-hydrogen) atoms. The van der Waals surface area contributed by atoms with E-state index in [1.54, 1.807) is 24.5 Å². The van der Waals surface area contributed by atoms with Gasteiger partial charge in [-0.2, -0.15) is 0 Å². The first-order chi connectivity index (χ1) is 16.2. The summed E-state index contributed by atoms with van der Waals surface area (Å²) in [5.74, 6) is 0.763. The lowest BCUT2D eigenvalue weighted by molar-refractivity contribution is -0.131. The van der Waals surface area contributed by atoms with E-state index in [0.717, 1.165) is 59.5 Å². The van der Waals surface area contributed by atoms with E-state index in [1.165, 1.54) is 11.6 Å². The quantitative estimate of drug-likeness (QED) is 0.415. The molecule has 0 saturated carbocycles. The van der Waals surface area contributed by atoms with E-state index >= 15 is 0 Å². The van der Waals surface area contributed by atoms with Crippen molar-refractivity contribution in [3.63, 3.8) is 0 Å². The fourth-order valence-corrected chi connectivity index (χ4v) is 4.13. The molecule has 0 amide bonds. The SMILES string of the molecule is O=C(O)C=C(c1ccncc1)n1ccc2cc(OCCc3ccc4c(n3)NCCC4)ccc21. The normalized spacial score (nSPS) is 13.4. The fraction of sp³-hybridized carbons (Fsp3) is 0.192. The van der Waals surface area contributed by atoms with E-state index in [2.05, 4.69) is 22.4 Å². The lowest BCUT2D eigenvalue weighted by Gasteiger charge is -2.17. The summed E-state index contributed by atoms with van der Waals surface area (Å²) in [6.45, 7) is 1.50. The van der Waals surface area contributed by atoms with E-state index in [4.69, 9.17) is 9.72 Å². The van der Waals surface area contributed by atoms with Gasteiger partial charge in [0.1, 0.15) is 11.6 Å². The third-order valence-electron chi connectivity index (χ3n) is 5.74. The molecule has 0 fully saturated rings. The molecule has 5 rings (SSSR count). The molecular formula is C26H24N4O3. The maximum absolute atomic E-state index is 11.4. The number of hydrogen-bond acceptors (Lipinski definition) is 5. The van der Waals surface area contributed by atoms with Crippen LogP contribution < -0.4 is 10.1 Å². The Kier molecular flexibility index (Phi) is 5.76. The van der Waals surface area contributed by atoms with Gasteiger partial charge in [0.15, 0.2) is 0 Å². The first-order valence-corrected chi connectivity index (χ1v) is 11.0. The van der Waals surface area contributed by atoms with Crippen molar-refractivity contribution >= 4 is 28.4 Å². The average molecular weight is 441 g/mol. The van der Waals surface area contributed by atoms with Crippen LogP contribution in [0.15, 0.2) is 73.2 Å². The molecule has 4 aromatic rings.